The Morgan fingerprint density at radius 3 is 2.60 bits per heavy atom. The minimum atomic E-state index is -3.74. The first-order valence-corrected chi connectivity index (χ1v) is 10.6. The van der Waals surface area contributed by atoms with Crippen LogP contribution in [0.15, 0.2) is 23.1 Å². The molecular formula is C15H20ClN3O4S2. The number of benzene rings is 1. The molecule has 25 heavy (non-hydrogen) atoms. The Labute approximate surface area is 156 Å². The van der Waals surface area contributed by atoms with Crippen molar-refractivity contribution in [3.05, 3.63) is 23.2 Å². The molecule has 0 aliphatic carbocycles. The van der Waals surface area contributed by atoms with Crippen molar-refractivity contribution in [2.75, 3.05) is 37.2 Å². The fraction of sp³-hybridized carbons (Fsp3) is 0.467. The molecule has 10 heteroatoms. The second-order valence-corrected chi connectivity index (χ2v) is 8.68. The maximum absolute atomic E-state index is 12.6. The number of rotatable bonds is 7. The third kappa shape index (κ3) is 4.66. The molecule has 0 radical (unpaired) electrons. The van der Waals surface area contributed by atoms with Gasteiger partial charge in [-0.15, -0.1) is 0 Å². The van der Waals surface area contributed by atoms with Gasteiger partial charge in [0.15, 0.2) is 0 Å². The van der Waals surface area contributed by atoms with Crippen LogP contribution in [-0.2, 0) is 14.8 Å². The molecule has 0 spiro atoms. The Morgan fingerprint density at radius 2 is 2.04 bits per heavy atom. The molecule has 0 atom stereocenters. The fourth-order valence-corrected chi connectivity index (χ4v) is 5.21. The lowest BCUT2D eigenvalue weighted by molar-refractivity contribution is -0.116. The molecule has 2 amide bonds. The van der Waals surface area contributed by atoms with Crippen LogP contribution in [0, 0.1) is 0 Å². The molecule has 138 valence electrons. The standard InChI is InChI=1S/C15H20ClN3O4S2/c1-3-19(4-2)25(22,23)13-9-11(5-6-12(13)16)17-14(20)10-18-7-8-24-15(18)21/h5-6,9H,3-4,7-8,10H2,1-2H3,(H,17,20). The zero-order chi connectivity index (χ0) is 18.6. The average molecular weight is 406 g/mol. The van der Waals surface area contributed by atoms with E-state index in [9.17, 15) is 18.0 Å². The molecule has 1 heterocycles. The topological polar surface area (TPSA) is 86.8 Å². The van der Waals surface area contributed by atoms with Crippen LogP contribution in [-0.4, -0.2) is 60.7 Å². The Kier molecular flexibility index (Phi) is 6.72. The summed E-state index contributed by atoms with van der Waals surface area (Å²) in [7, 11) is -3.74. The molecule has 1 aromatic rings. The van der Waals surface area contributed by atoms with Crippen LogP contribution in [0.4, 0.5) is 10.5 Å². The van der Waals surface area contributed by atoms with Crippen LogP contribution in [0.2, 0.25) is 5.02 Å². The predicted octanol–water partition coefficient (Wildman–Crippen LogP) is 2.48. The van der Waals surface area contributed by atoms with Gasteiger partial charge in [-0.05, 0) is 18.2 Å². The first-order chi connectivity index (χ1) is 11.8. The van der Waals surface area contributed by atoms with E-state index in [0.29, 0.717) is 31.1 Å². The van der Waals surface area contributed by atoms with E-state index in [1.165, 1.54) is 39.2 Å². The van der Waals surface area contributed by atoms with Crippen LogP contribution in [0.3, 0.4) is 0 Å². The van der Waals surface area contributed by atoms with E-state index in [1.54, 1.807) is 13.8 Å². The monoisotopic (exact) mass is 405 g/mol. The minimum absolute atomic E-state index is 0.0523. The molecule has 1 aromatic carbocycles. The highest BCUT2D eigenvalue weighted by Crippen LogP contribution is 2.28. The van der Waals surface area contributed by atoms with Gasteiger partial charge in [0.05, 0.1) is 5.02 Å². The Morgan fingerprint density at radius 1 is 1.36 bits per heavy atom. The molecular weight excluding hydrogens is 386 g/mol. The van der Waals surface area contributed by atoms with Crippen molar-refractivity contribution < 1.29 is 18.0 Å². The van der Waals surface area contributed by atoms with E-state index in [4.69, 9.17) is 11.6 Å². The fourth-order valence-electron chi connectivity index (χ4n) is 2.42. The van der Waals surface area contributed by atoms with Gasteiger partial charge < -0.3 is 10.2 Å². The van der Waals surface area contributed by atoms with Crippen molar-refractivity contribution >= 4 is 50.2 Å². The van der Waals surface area contributed by atoms with Gasteiger partial charge in [-0.3, -0.25) is 9.59 Å². The molecule has 0 aromatic heterocycles. The molecule has 0 saturated carbocycles. The van der Waals surface area contributed by atoms with Gasteiger partial charge in [-0.2, -0.15) is 4.31 Å². The van der Waals surface area contributed by atoms with Gasteiger partial charge in [0.1, 0.15) is 11.4 Å². The molecule has 1 saturated heterocycles. The predicted molar refractivity (Wildman–Crippen MR) is 99.6 cm³/mol. The van der Waals surface area contributed by atoms with Crippen LogP contribution >= 0.6 is 23.4 Å². The molecule has 1 aliphatic rings. The number of hydrogen-bond acceptors (Lipinski definition) is 5. The van der Waals surface area contributed by atoms with E-state index in [0.717, 1.165) is 0 Å². The van der Waals surface area contributed by atoms with Crippen LogP contribution in [0.5, 0.6) is 0 Å². The van der Waals surface area contributed by atoms with Crippen LogP contribution < -0.4 is 5.32 Å². The summed E-state index contributed by atoms with van der Waals surface area (Å²) in [5, 5.41) is 2.59. The third-order valence-electron chi connectivity index (χ3n) is 3.72. The van der Waals surface area contributed by atoms with E-state index in [-0.39, 0.29) is 27.6 Å². The molecule has 1 aliphatic heterocycles. The van der Waals surface area contributed by atoms with Gasteiger partial charge in [0.2, 0.25) is 15.9 Å². The van der Waals surface area contributed by atoms with E-state index in [1.807, 2.05) is 0 Å². The lowest BCUT2D eigenvalue weighted by atomic mass is 10.3. The van der Waals surface area contributed by atoms with Crippen molar-refractivity contribution in [1.29, 1.82) is 0 Å². The summed E-state index contributed by atoms with van der Waals surface area (Å²) in [6, 6.07) is 4.31. The number of thioether (sulfide) groups is 1. The zero-order valence-electron chi connectivity index (χ0n) is 14.0. The van der Waals surface area contributed by atoms with Crippen molar-refractivity contribution in [3.8, 4) is 0 Å². The summed E-state index contributed by atoms with van der Waals surface area (Å²) in [6.45, 7) is 4.59. The number of halogens is 1. The maximum atomic E-state index is 12.6. The first kappa shape index (κ1) is 20.0. The van der Waals surface area contributed by atoms with Crippen molar-refractivity contribution in [1.82, 2.24) is 9.21 Å². The molecule has 7 nitrogen and oxygen atoms in total. The highest BCUT2D eigenvalue weighted by molar-refractivity contribution is 8.13. The summed E-state index contributed by atoms with van der Waals surface area (Å²) >= 11 is 7.23. The van der Waals surface area contributed by atoms with Crippen molar-refractivity contribution in [2.45, 2.75) is 18.7 Å². The number of carbonyl (C=O) groups excluding carboxylic acids is 2. The third-order valence-corrected chi connectivity index (χ3v) is 7.14. The molecule has 0 unspecified atom stereocenters. The number of carbonyl (C=O) groups is 2. The number of anilines is 1. The van der Waals surface area contributed by atoms with E-state index >= 15 is 0 Å². The maximum Gasteiger partial charge on any atom is 0.282 e. The Hall–Kier alpha value is -1.29. The number of nitrogens with zero attached hydrogens (tertiary/aromatic N) is 2. The quantitative estimate of drug-likeness (QED) is 0.753. The lowest BCUT2D eigenvalue weighted by Gasteiger charge is -2.20. The number of amides is 2. The largest absolute Gasteiger partial charge is 0.325 e. The smallest absolute Gasteiger partial charge is 0.282 e. The van der Waals surface area contributed by atoms with E-state index in [2.05, 4.69) is 5.32 Å². The summed E-state index contributed by atoms with van der Waals surface area (Å²) in [5.41, 5.74) is 0.319. The molecule has 1 fully saturated rings. The number of sulfonamides is 1. The summed E-state index contributed by atoms with van der Waals surface area (Å²) in [5.74, 6) is 0.281. The second-order valence-electron chi connectivity index (χ2n) is 5.32. The number of hydrogen-bond donors (Lipinski definition) is 1. The molecule has 2 rings (SSSR count). The minimum Gasteiger partial charge on any atom is -0.325 e. The summed E-state index contributed by atoms with van der Waals surface area (Å²) < 4.78 is 26.6. The first-order valence-electron chi connectivity index (χ1n) is 7.80. The SMILES string of the molecule is CCN(CC)S(=O)(=O)c1cc(NC(=O)CN2CCSC2=O)ccc1Cl. The summed E-state index contributed by atoms with van der Waals surface area (Å²) in [6.07, 6.45) is 0. The van der Waals surface area contributed by atoms with Crippen molar-refractivity contribution in [3.63, 3.8) is 0 Å². The van der Waals surface area contributed by atoms with Crippen LogP contribution in [0.25, 0.3) is 0 Å². The van der Waals surface area contributed by atoms with Gasteiger partial charge in [0, 0.05) is 31.1 Å². The van der Waals surface area contributed by atoms with Crippen molar-refractivity contribution in [2.24, 2.45) is 0 Å². The molecule has 1 N–H and O–H groups in total. The highest BCUT2D eigenvalue weighted by atomic mass is 35.5. The number of nitrogens with one attached hydrogen (secondary N) is 1. The normalized spacial score (nSPS) is 15.0. The lowest BCUT2D eigenvalue weighted by Crippen LogP contribution is -2.33. The Balaban J connectivity index is 2.18. The van der Waals surface area contributed by atoms with E-state index < -0.39 is 10.0 Å². The van der Waals surface area contributed by atoms with Gasteiger partial charge >= 0.3 is 0 Å². The summed E-state index contributed by atoms with van der Waals surface area (Å²) in [4.78, 5) is 25.0. The van der Waals surface area contributed by atoms with Gasteiger partial charge in [0.25, 0.3) is 5.24 Å². The van der Waals surface area contributed by atoms with Gasteiger partial charge in [-0.25, -0.2) is 8.42 Å². The average Bonchev–Trinajstić information content (AvgIpc) is 2.95. The molecule has 0 bridgehead atoms. The van der Waals surface area contributed by atoms with Gasteiger partial charge in [-0.1, -0.05) is 37.2 Å². The zero-order valence-corrected chi connectivity index (χ0v) is 16.4. The highest BCUT2D eigenvalue weighted by Gasteiger charge is 2.26. The second kappa shape index (κ2) is 8.39. The Bertz CT molecular complexity index is 766. The van der Waals surface area contributed by atoms with Crippen LogP contribution in [0.1, 0.15) is 13.8 Å².